The zero-order valence-corrected chi connectivity index (χ0v) is 19.7. The maximum absolute atomic E-state index is 12.7. The summed E-state index contributed by atoms with van der Waals surface area (Å²) in [6, 6.07) is 12.0. The number of benzene rings is 2. The van der Waals surface area contributed by atoms with E-state index < -0.39 is 0 Å². The van der Waals surface area contributed by atoms with Crippen molar-refractivity contribution >= 4 is 5.91 Å². The highest BCUT2D eigenvalue weighted by atomic mass is 16.5. The lowest BCUT2D eigenvalue weighted by Crippen LogP contribution is -2.33. The number of carbonyl (C=O) groups excluding carboxylic acids is 1. The molecule has 2 aromatic rings. The molecule has 1 saturated heterocycles. The highest BCUT2D eigenvalue weighted by Crippen LogP contribution is 2.32. The Morgan fingerprint density at radius 2 is 1.53 bits per heavy atom. The predicted molar refractivity (Wildman–Crippen MR) is 124 cm³/mol. The lowest BCUT2D eigenvalue weighted by molar-refractivity contribution is -0.129. The minimum atomic E-state index is 0.141. The molecule has 0 N–H and O–H groups in total. The first-order valence-corrected chi connectivity index (χ1v) is 10.9. The van der Waals surface area contributed by atoms with Crippen molar-refractivity contribution in [1.29, 1.82) is 0 Å². The summed E-state index contributed by atoms with van der Waals surface area (Å²) < 4.78 is 22.2. The highest BCUT2D eigenvalue weighted by Gasteiger charge is 2.31. The lowest BCUT2D eigenvalue weighted by atomic mass is 10.0. The fraction of sp³-hybridized carbons (Fsp3) is 0.480. The third kappa shape index (κ3) is 5.85. The summed E-state index contributed by atoms with van der Waals surface area (Å²) in [5.74, 6) is 2.99. The van der Waals surface area contributed by atoms with Crippen LogP contribution in [0.25, 0.3) is 0 Å². The summed E-state index contributed by atoms with van der Waals surface area (Å²) in [4.78, 5) is 16.7. The normalized spacial score (nSPS) is 15.9. The molecule has 1 aliphatic heterocycles. The smallest absolute Gasteiger partial charge is 0.223 e. The lowest BCUT2D eigenvalue weighted by Gasteiger charge is -2.26. The van der Waals surface area contributed by atoms with Crippen LogP contribution in [0.4, 0.5) is 0 Å². The summed E-state index contributed by atoms with van der Waals surface area (Å²) in [5, 5.41) is 0. The Hall–Kier alpha value is -2.93. The average molecular weight is 443 g/mol. The van der Waals surface area contributed by atoms with Crippen molar-refractivity contribution in [3.8, 4) is 23.0 Å². The maximum Gasteiger partial charge on any atom is 0.223 e. The Labute approximate surface area is 190 Å². The van der Waals surface area contributed by atoms with Gasteiger partial charge in [0, 0.05) is 25.6 Å². The van der Waals surface area contributed by atoms with E-state index >= 15 is 0 Å². The van der Waals surface area contributed by atoms with E-state index in [1.807, 2.05) is 55.4 Å². The molecule has 1 unspecified atom stereocenters. The summed E-state index contributed by atoms with van der Waals surface area (Å²) in [6.45, 7) is 1.96. The Kier molecular flexibility index (Phi) is 8.22. The van der Waals surface area contributed by atoms with Crippen LogP contribution in [-0.4, -0.2) is 70.3 Å². The van der Waals surface area contributed by atoms with Gasteiger partial charge < -0.3 is 28.7 Å². The Morgan fingerprint density at radius 1 is 0.906 bits per heavy atom. The molecular formula is C25H34N2O5. The fourth-order valence-corrected chi connectivity index (χ4v) is 3.97. The van der Waals surface area contributed by atoms with Gasteiger partial charge in [0.15, 0.2) is 23.0 Å². The van der Waals surface area contributed by atoms with Crippen molar-refractivity contribution in [3.05, 3.63) is 47.5 Å². The summed E-state index contributed by atoms with van der Waals surface area (Å²) in [5.41, 5.74) is 2.14. The number of likely N-dealkylation sites (tertiary alicyclic amines) is 1. The molecule has 1 amide bonds. The van der Waals surface area contributed by atoms with Crippen LogP contribution in [-0.2, 0) is 17.8 Å². The van der Waals surface area contributed by atoms with Crippen molar-refractivity contribution < 1.29 is 23.7 Å². The van der Waals surface area contributed by atoms with Crippen LogP contribution >= 0.6 is 0 Å². The second-order valence-corrected chi connectivity index (χ2v) is 8.24. The Bertz CT molecular complexity index is 915. The SMILES string of the molecule is COc1ccc(CC2CCC(=O)N2Cc2ccc(OCCN(C)C)c(OC)c2)cc1OC. The average Bonchev–Trinajstić information content (AvgIpc) is 3.13. The van der Waals surface area contributed by atoms with Crippen molar-refractivity contribution in [2.75, 3.05) is 48.6 Å². The minimum Gasteiger partial charge on any atom is -0.493 e. The molecule has 1 aliphatic rings. The van der Waals surface area contributed by atoms with Gasteiger partial charge >= 0.3 is 0 Å². The molecule has 0 aliphatic carbocycles. The third-order valence-corrected chi connectivity index (χ3v) is 5.75. The molecule has 174 valence electrons. The molecule has 1 heterocycles. The van der Waals surface area contributed by atoms with Gasteiger partial charge in [-0.05, 0) is 62.3 Å². The van der Waals surface area contributed by atoms with Gasteiger partial charge in [0.25, 0.3) is 0 Å². The van der Waals surface area contributed by atoms with Gasteiger partial charge in [-0.2, -0.15) is 0 Å². The molecule has 0 aromatic heterocycles. The fourth-order valence-electron chi connectivity index (χ4n) is 3.97. The molecule has 2 aromatic carbocycles. The molecule has 7 heteroatoms. The minimum absolute atomic E-state index is 0.141. The van der Waals surface area contributed by atoms with E-state index in [4.69, 9.17) is 18.9 Å². The zero-order chi connectivity index (χ0) is 23.1. The number of ether oxygens (including phenoxy) is 4. The zero-order valence-electron chi connectivity index (χ0n) is 19.7. The standard InChI is InChI=1S/C25H34N2O5/c1-26(2)12-13-32-22-10-7-19(16-24(22)31-5)17-27-20(8-11-25(27)28)14-18-6-9-21(29-3)23(15-18)30-4/h6-7,9-10,15-16,20H,8,11-14,17H2,1-5H3. The number of carbonyl (C=O) groups is 1. The molecule has 0 spiro atoms. The van der Waals surface area contributed by atoms with Gasteiger partial charge in [-0.25, -0.2) is 0 Å². The van der Waals surface area contributed by atoms with Gasteiger partial charge in [-0.3, -0.25) is 4.79 Å². The molecular weight excluding hydrogens is 408 g/mol. The van der Waals surface area contributed by atoms with Crippen LogP contribution in [0.3, 0.4) is 0 Å². The number of amides is 1. The second-order valence-electron chi connectivity index (χ2n) is 8.24. The van der Waals surface area contributed by atoms with Crippen LogP contribution < -0.4 is 18.9 Å². The molecule has 7 nitrogen and oxygen atoms in total. The summed E-state index contributed by atoms with van der Waals surface area (Å²) in [6.07, 6.45) is 2.19. The van der Waals surface area contributed by atoms with Crippen LogP contribution in [0.2, 0.25) is 0 Å². The topological polar surface area (TPSA) is 60.5 Å². The van der Waals surface area contributed by atoms with Gasteiger partial charge in [0.05, 0.1) is 21.3 Å². The molecule has 3 rings (SSSR count). The van der Waals surface area contributed by atoms with E-state index in [2.05, 4.69) is 4.90 Å². The van der Waals surface area contributed by atoms with Gasteiger partial charge in [-0.1, -0.05) is 12.1 Å². The van der Waals surface area contributed by atoms with E-state index in [0.29, 0.717) is 42.6 Å². The number of nitrogens with zero attached hydrogens (tertiary/aromatic N) is 2. The quantitative estimate of drug-likeness (QED) is 0.532. The molecule has 0 radical (unpaired) electrons. The first-order chi connectivity index (χ1) is 15.4. The second kappa shape index (κ2) is 11.1. The van der Waals surface area contributed by atoms with Crippen molar-refractivity contribution in [1.82, 2.24) is 9.80 Å². The van der Waals surface area contributed by atoms with Gasteiger partial charge in [0.1, 0.15) is 6.61 Å². The molecule has 32 heavy (non-hydrogen) atoms. The van der Waals surface area contributed by atoms with Gasteiger partial charge in [-0.15, -0.1) is 0 Å². The molecule has 0 bridgehead atoms. The monoisotopic (exact) mass is 442 g/mol. The third-order valence-electron chi connectivity index (χ3n) is 5.75. The van der Waals surface area contributed by atoms with Crippen LogP contribution in [0, 0.1) is 0 Å². The number of methoxy groups -OCH3 is 3. The van der Waals surface area contributed by atoms with Crippen molar-refractivity contribution in [2.45, 2.75) is 31.8 Å². The van der Waals surface area contributed by atoms with E-state index in [1.165, 1.54) is 0 Å². The van der Waals surface area contributed by atoms with Crippen LogP contribution in [0.5, 0.6) is 23.0 Å². The van der Waals surface area contributed by atoms with Gasteiger partial charge in [0.2, 0.25) is 5.91 Å². The number of likely N-dealkylation sites (N-methyl/N-ethyl adjacent to an activating group) is 1. The van der Waals surface area contributed by atoms with Crippen molar-refractivity contribution in [3.63, 3.8) is 0 Å². The van der Waals surface area contributed by atoms with Crippen molar-refractivity contribution in [2.24, 2.45) is 0 Å². The predicted octanol–water partition coefficient (Wildman–Crippen LogP) is 3.39. The van der Waals surface area contributed by atoms with Crippen LogP contribution in [0.1, 0.15) is 24.0 Å². The highest BCUT2D eigenvalue weighted by molar-refractivity contribution is 5.78. The largest absolute Gasteiger partial charge is 0.493 e. The maximum atomic E-state index is 12.7. The molecule has 1 fully saturated rings. The summed E-state index contributed by atoms with van der Waals surface area (Å²) in [7, 11) is 8.92. The number of hydrogen-bond donors (Lipinski definition) is 0. The number of rotatable bonds is 11. The van der Waals surface area contributed by atoms with E-state index in [-0.39, 0.29) is 11.9 Å². The van der Waals surface area contributed by atoms with E-state index in [1.54, 1.807) is 21.3 Å². The molecule has 1 atom stereocenters. The Morgan fingerprint density at radius 3 is 2.22 bits per heavy atom. The molecule has 0 saturated carbocycles. The van der Waals surface area contributed by atoms with E-state index in [0.717, 1.165) is 30.5 Å². The number of hydrogen-bond acceptors (Lipinski definition) is 6. The summed E-state index contributed by atoms with van der Waals surface area (Å²) >= 11 is 0. The first-order valence-electron chi connectivity index (χ1n) is 10.9. The van der Waals surface area contributed by atoms with E-state index in [9.17, 15) is 4.79 Å². The Balaban J connectivity index is 1.70. The first kappa shape index (κ1) is 23.7. The van der Waals surface area contributed by atoms with Crippen LogP contribution in [0.15, 0.2) is 36.4 Å².